The Bertz CT molecular complexity index is 780. The van der Waals surface area contributed by atoms with Crippen LogP contribution in [-0.2, 0) is 0 Å². The minimum atomic E-state index is 0.410. The van der Waals surface area contributed by atoms with Crippen LogP contribution < -0.4 is 0 Å². The molecular formula is C15H11ClN4O. The molecule has 0 N–H and O–H groups in total. The smallest absolute Gasteiger partial charge is 0.251 e. The van der Waals surface area contributed by atoms with Crippen LogP contribution in [0.2, 0.25) is 5.02 Å². The van der Waals surface area contributed by atoms with Crippen molar-refractivity contribution in [3.8, 4) is 22.9 Å². The van der Waals surface area contributed by atoms with Gasteiger partial charge < -0.3 is 4.42 Å². The number of benzene rings is 1. The summed E-state index contributed by atoms with van der Waals surface area (Å²) in [5.41, 5.74) is 1.51. The van der Waals surface area contributed by atoms with Crippen molar-refractivity contribution in [1.82, 2.24) is 20.2 Å². The fourth-order valence-corrected chi connectivity index (χ4v) is 2.27. The first-order chi connectivity index (χ1) is 10.3. The van der Waals surface area contributed by atoms with E-state index in [2.05, 4.69) is 20.2 Å². The van der Waals surface area contributed by atoms with Gasteiger partial charge in [0.05, 0.1) is 5.56 Å². The highest BCUT2D eigenvalue weighted by Crippen LogP contribution is 2.38. The highest BCUT2D eigenvalue weighted by Gasteiger charge is 2.26. The van der Waals surface area contributed by atoms with Gasteiger partial charge in [-0.3, -0.25) is 0 Å². The van der Waals surface area contributed by atoms with Crippen LogP contribution in [0.15, 0.2) is 41.1 Å². The van der Waals surface area contributed by atoms with Gasteiger partial charge in [-0.25, -0.2) is 9.97 Å². The second-order valence-electron chi connectivity index (χ2n) is 5.03. The number of hydrogen-bond acceptors (Lipinski definition) is 5. The molecule has 21 heavy (non-hydrogen) atoms. The second kappa shape index (κ2) is 4.93. The zero-order valence-electron chi connectivity index (χ0n) is 11.0. The summed E-state index contributed by atoms with van der Waals surface area (Å²) < 4.78 is 5.67. The first-order valence-corrected chi connectivity index (χ1v) is 7.09. The third-order valence-electron chi connectivity index (χ3n) is 3.36. The van der Waals surface area contributed by atoms with Crippen LogP contribution in [0.1, 0.15) is 24.6 Å². The van der Waals surface area contributed by atoms with Crippen molar-refractivity contribution in [2.45, 2.75) is 18.8 Å². The Kier molecular flexibility index (Phi) is 2.93. The minimum Gasteiger partial charge on any atom is -0.416 e. The Morgan fingerprint density at radius 3 is 2.38 bits per heavy atom. The van der Waals surface area contributed by atoms with Gasteiger partial charge >= 0.3 is 0 Å². The molecule has 1 aromatic carbocycles. The molecule has 0 saturated heterocycles. The van der Waals surface area contributed by atoms with Gasteiger partial charge in [0.1, 0.15) is 5.82 Å². The van der Waals surface area contributed by atoms with Crippen LogP contribution >= 0.6 is 11.6 Å². The van der Waals surface area contributed by atoms with Crippen molar-refractivity contribution in [2.75, 3.05) is 0 Å². The zero-order valence-corrected chi connectivity index (χ0v) is 11.8. The van der Waals surface area contributed by atoms with Crippen LogP contribution in [0.4, 0.5) is 0 Å². The summed E-state index contributed by atoms with van der Waals surface area (Å²) in [6.45, 7) is 0. The molecule has 1 aliphatic carbocycles. The molecule has 1 aliphatic rings. The third kappa shape index (κ3) is 2.52. The monoisotopic (exact) mass is 298 g/mol. The van der Waals surface area contributed by atoms with Crippen molar-refractivity contribution < 1.29 is 4.42 Å². The lowest BCUT2D eigenvalue weighted by Crippen LogP contribution is -1.91. The van der Waals surface area contributed by atoms with Crippen molar-refractivity contribution in [3.05, 3.63) is 47.5 Å². The molecule has 4 rings (SSSR count). The minimum absolute atomic E-state index is 0.410. The summed E-state index contributed by atoms with van der Waals surface area (Å²) in [6.07, 6.45) is 5.82. The van der Waals surface area contributed by atoms with Crippen molar-refractivity contribution >= 4 is 11.6 Å². The predicted molar refractivity (Wildman–Crippen MR) is 77.7 cm³/mol. The Labute approximate surface area is 126 Å². The molecule has 0 radical (unpaired) electrons. The molecule has 0 spiro atoms. The Morgan fingerprint density at radius 1 is 1.00 bits per heavy atom. The molecule has 3 aromatic rings. The summed E-state index contributed by atoms with van der Waals surface area (Å²) in [5, 5.41) is 8.71. The summed E-state index contributed by atoms with van der Waals surface area (Å²) in [4.78, 5) is 8.71. The summed E-state index contributed by atoms with van der Waals surface area (Å²) in [5.74, 6) is 2.27. The van der Waals surface area contributed by atoms with Gasteiger partial charge in [0.15, 0.2) is 0 Å². The second-order valence-corrected chi connectivity index (χ2v) is 5.46. The maximum Gasteiger partial charge on any atom is 0.251 e. The number of halogens is 1. The van der Waals surface area contributed by atoms with Crippen LogP contribution in [0.3, 0.4) is 0 Å². The molecule has 0 atom stereocenters. The topological polar surface area (TPSA) is 64.7 Å². The molecule has 6 heteroatoms. The van der Waals surface area contributed by atoms with Gasteiger partial charge in [0.2, 0.25) is 5.89 Å². The fraction of sp³-hybridized carbons (Fsp3) is 0.200. The summed E-state index contributed by atoms with van der Waals surface area (Å²) >= 11 is 5.96. The molecule has 104 valence electrons. The van der Waals surface area contributed by atoms with E-state index in [1.54, 1.807) is 24.5 Å². The van der Waals surface area contributed by atoms with Gasteiger partial charge in [-0.15, -0.1) is 10.2 Å². The largest absolute Gasteiger partial charge is 0.416 e. The lowest BCUT2D eigenvalue weighted by Gasteiger charge is -1.97. The molecule has 0 unspecified atom stereocenters. The lowest BCUT2D eigenvalue weighted by atomic mass is 10.2. The normalized spacial score (nSPS) is 14.3. The zero-order chi connectivity index (χ0) is 14.2. The molecular weight excluding hydrogens is 288 g/mol. The Hall–Kier alpha value is -2.27. The summed E-state index contributed by atoms with van der Waals surface area (Å²) in [6, 6.07) is 7.29. The maximum atomic E-state index is 5.96. The molecule has 0 aliphatic heterocycles. The van der Waals surface area contributed by atoms with Gasteiger partial charge in [-0.05, 0) is 31.0 Å². The van der Waals surface area contributed by atoms with E-state index >= 15 is 0 Å². The highest BCUT2D eigenvalue weighted by molar-refractivity contribution is 6.30. The molecule has 2 heterocycles. The van der Waals surface area contributed by atoms with Gasteiger partial charge in [0.25, 0.3) is 5.89 Å². The van der Waals surface area contributed by atoms with Crippen LogP contribution in [0.25, 0.3) is 22.9 Å². The van der Waals surface area contributed by atoms with Crippen LogP contribution in [-0.4, -0.2) is 20.2 Å². The Balaban J connectivity index is 1.64. The average molecular weight is 299 g/mol. The molecule has 5 nitrogen and oxygen atoms in total. The van der Waals surface area contributed by atoms with E-state index in [4.69, 9.17) is 16.0 Å². The van der Waals surface area contributed by atoms with Crippen molar-refractivity contribution in [2.24, 2.45) is 0 Å². The highest BCUT2D eigenvalue weighted by atomic mass is 35.5. The van der Waals surface area contributed by atoms with Crippen molar-refractivity contribution in [1.29, 1.82) is 0 Å². The van der Waals surface area contributed by atoms with E-state index in [1.165, 1.54) is 12.8 Å². The molecule has 1 saturated carbocycles. The van der Waals surface area contributed by atoms with Crippen LogP contribution in [0.5, 0.6) is 0 Å². The first kappa shape index (κ1) is 12.5. The number of aromatic nitrogens is 4. The molecule has 0 amide bonds. The predicted octanol–water partition coefficient (Wildman–Crippen LogP) is 3.72. The Morgan fingerprint density at radius 2 is 1.71 bits per heavy atom. The van der Waals surface area contributed by atoms with E-state index in [-0.39, 0.29) is 0 Å². The lowest BCUT2D eigenvalue weighted by molar-refractivity contribution is 0.583. The molecule has 0 bridgehead atoms. The standard InChI is InChI=1S/C15H11ClN4O/c16-12-3-1-2-10(6-12)14-19-20-15(21-14)11-7-17-13(18-8-11)9-4-5-9/h1-3,6-9H,4-5H2. The number of nitrogens with zero attached hydrogens (tertiary/aromatic N) is 4. The quantitative estimate of drug-likeness (QED) is 0.737. The van der Waals surface area contributed by atoms with E-state index in [9.17, 15) is 0 Å². The fourth-order valence-electron chi connectivity index (χ4n) is 2.08. The van der Waals surface area contributed by atoms with Gasteiger partial charge in [0, 0.05) is 28.9 Å². The molecule has 1 fully saturated rings. The van der Waals surface area contributed by atoms with Gasteiger partial charge in [-0.2, -0.15) is 0 Å². The number of hydrogen-bond donors (Lipinski definition) is 0. The van der Waals surface area contributed by atoms with E-state index in [0.717, 1.165) is 17.0 Å². The number of rotatable bonds is 3. The SMILES string of the molecule is Clc1cccc(-c2nnc(-c3cnc(C4CC4)nc3)o2)c1. The first-order valence-electron chi connectivity index (χ1n) is 6.71. The van der Waals surface area contributed by atoms with E-state index in [1.807, 2.05) is 12.1 Å². The van der Waals surface area contributed by atoms with E-state index in [0.29, 0.717) is 22.7 Å². The maximum absolute atomic E-state index is 5.96. The summed E-state index contributed by atoms with van der Waals surface area (Å²) in [7, 11) is 0. The molecule has 2 aromatic heterocycles. The average Bonchev–Trinajstić information content (AvgIpc) is 3.24. The van der Waals surface area contributed by atoms with Crippen LogP contribution in [0, 0.1) is 0 Å². The third-order valence-corrected chi connectivity index (χ3v) is 3.59. The van der Waals surface area contributed by atoms with E-state index < -0.39 is 0 Å². The van der Waals surface area contributed by atoms with Crippen molar-refractivity contribution in [3.63, 3.8) is 0 Å². The van der Waals surface area contributed by atoms with Gasteiger partial charge in [-0.1, -0.05) is 17.7 Å².